The average molecular weight is 583 g/mol. The molecule has 1 aromatic carbocycles. The van der Waals surface area contributed by atoms with E-state index in [0.29, 0.717) is 24.1 Å². The second-order valence-electron chi connectivity index (χ2n) is 16.3. The number of carbonyl (C=O) groups excluding carboxylic acids is 3. The molecule has 1 amide bonds. The molecule has 0 aliphatic heterocycles. The van der Waals surface area contributed by atoms with Crippen LogP contribution in [0.1, 0.15) is 99.0 Å². The number of aliphatic hydroxyl groups is 1. The Morgan fingerprint density at radius 1 is 0.907 bits per heavy atom. The van der Waals surface area contributed by atoms with Crippen LogP contribution >= 0.6 is 0 Å². The highest BCUT2D eigenvalue weighted by Gasteiger charge is 2.75. The fourth-order valence-corrected chi connectivity index (χ4v) is 10.6. The molecule has 0 aromatic heterocycles. The molecule has 6 heteroatoms. The lowest BCUT2D eigenvalue weighted by molar-refractivity contribution is -0.242. The third kappa shape index (κ3) is 3.70. The Hall–Kier alpha value is -3.04. The Kier molecular flexibility index (Phi) is 6.28. The highest BCUT2D eigenvalue weighted by molar-refractivity contribution is 6.02. The maximum absolute atomic E-state index is 14.6. The van der Waals surface area contributed by atoms with Gasteiger partial charge < -0.3 is 10.4 Å². The summed E-state index contributed by atoms with van der Waals surface area (Å²) in [5.74, 6) is -0.514. The zero-order valence-corrected chi connectivity index (χ0v) is 26.8. The number of nitrogens with one attached hydrogen (secondary N) is 1. The van der Waals surface area contributed by atoms with Crippen molar-refractivity contribution in [2.75, 3.05) is 5.32 Å². The summed E-state index contributed by atoms with van der Waals surface area (Å²) in [5, 5.41) is 25.2. The van der Waals surface area contributed by atoms with E-state index in [1.54, 1.807) is 36.4 Å². The third-order valence-corrected chi connectivity index (χ3v) is 13.9. The van der Waals surface area contributed by atoms with Crippen LogP contribution in [0.2, 0.25) is 0 Å². The number of hydrogen-bond donors (Lipinski definition) is 2. The fraction of sp³-hybridized carbons (Fsp3) is 0.622. The van der Waals surface area contributed by atoms with E-state index < -0.39 is 32.7 Å². The van der Waals surface area contributed by atoms with Crippen molar-refractivity contribution in [2.45, 2.75) is 99.0 Å². The van der Waals surface area contributed by atoms with Crippen molar-refractivity contribution in [3.63, 3.8) is 0 Å². The molecule has 0 bridgehead atoms. The van der Waals surface area contributed by atoms with Crippen molar-refractivity contribution in [1.29, 1.82) is 5.26 Å². The molecule has 1 aromatic rings. The van der Waals surface area contributed by atoms with Gasteiger partial charge in [0.25, 0.3) is 0 Å². The molecule has 0 spiro atoms. The maximum atomic E-state index is 14.6. The molecule has 0 radical (unpaired) electrons. The summed E-state index contributed by atoms with van der Waals surface area (Å²) in [6.45, 7) is 14.8. The Morgan fingerprint density at radius 2 is 1.56 bits per heavy atom. The van der Waals surface area contributed by atoms with Gasteiger partial charge in [-0.15, -0.1) is 0 Å². The molecule has 5 aliphatic carbocycles. The average Bonchev–Trinajstić information content (AvgIpc) is 2.96. The lowest BCUT2D eigenvalue weighted by atomic mass is 9.33. The van der Waals surface area contributed by atoms with Crippen LogP contribution in [-0.4, -0.2) is 28.2 Å². The van der Waals surface area contributed by atoms with Gasteiger partial charge in [0.1, 0.15) is 5.60 Å². The van der Waals surface area contributed by atoms with Crippen molar-refractivity contribution >= 4 is 23.2 Å². The molecule has 2 N–H and O–H groups in total. The van der Waals surface area contributed by atoms with Crippen LogP contribution in [0.25, 0.3) is 0 Å². The predicted molar refractivity (Wildman–Crippen MR) is 166 cm³/mol. The SMILES string of the molecule is CC1(C(=O)Nc2ccc(C#N)cc2)CCC2(C)CCC3(C)C4(C)CCC5C(C)(C)C(=O)C=CC5(C)C4=CC(=O)C3(O)C2C1. The molecule has 8 unspecified atom stereocenters. The van der Waals surface area contributed by atoms with E-state index in [2.05, 4.69) is 39.1 Å². The number of nitrogens with zero attached hydrogens (tertiary/aromatic N) is 1. The molecule has 8 atom stereocenters. The Balaban J connectivity index is 1.40. The summed E-state index contributed by atoms with van der Waals surface area (Å²) in [5.41, 5.74) is -2.56. The first kappa shape index (κ1) is 30.0. The van der Waals surface area contributed by atoms with Crippen LogP contribution in [0.5, 0.6) is 0 Å². The van der Waals surface area contributed by atoms with Crippen molar-refractivity contribution < 1.29 is 19.5 Å². The molecule has 0 saturated heterocycles. The van der Waals surface area contributed by atoms with Gasteiger partial charge in [-0.1, -0.05) is 54.5 Å². The summed E-state index contributed by atoms with van der Waals surface area (Å²) in [7, 11) is 0. The number of allylic oxidation sites excluding steroid dienone is 3. The van der Waals surface area contributed by atoms with E-state index in [0.717, 1.165) is 37.7 Å². The molecule has 3 fully saturated rings. The lowest BCUT2D eigenvalue weighted by Crippen LogP contribution is -2.74. The highest BCUT2D eigenvalue weighted by Crippen LogP contribution is 2.75. The summed E-state index contributed by atoms with van der Waals surface area (Å²) in [4.78, 5) is 41.4. The van der Waals surface area contributed by atoms with Crippen molar-refractivity contribution in [3.05, 3.63) is 53.6 Å². The number of amides is 1. The number of anilines is 1. The lowest BCUT2D eigenvalue weighted by Gasteiger charge is -2.71. The van der Waals surface area contributed by atoms with Gasteiger partial charge in [0.2, 0.25) is 5.91 Å². The maximum Gasteiger partial charge on any atom is 0.230 e. The monoisotopic (exact) mass is 582 g/mol. The van der Waals surface area contributed by atoms with Gasteiger partial charge in [-0.25, -0.2) is 0 Å². The Morgan fingerprint density at radius 3 is 2.21 bits per heavy atom. The van der Waals surface area contributed by atoms with Crippen LogP contribution in [0.4, 0.5) is 5.69 Å². The van der Waals surface area contributed by atoms with Gasteiger partial charge in [0.15, 0.2) is 11.6 Å². The summed E-state index contributed by atoms with van der Waals surface area (Å²) in [6.07, 6.45) is 10.6. The molecule has 0 heterocycles. The summed E-state index contributed by atoms with van der Waals surface area (Å²) >= 11 is 0. The normalized spacial score (nSPS) is 44.6. The zero-order valence-electron chi connectivity index (χ0n) is 26.8. The van der Waals surface area contributed by atoms with Crippen LogP contribution < -0.4 is 5.32 Å². The number of fused-ring (bicyclic) bond motifs is 7. The van der Waals surface area contributed by atoms with E-state index >= 15 is 0 Å². The number of rotatable bonds is 2. The predicted octanol–water partition coefficient (Wildman–Crippen LogP) is 6.94. The summed E-state index contributed by atoms with van der Waals surface area (Å²) in [6, 6.07) is 8.95. The minimum Gasteiger partial charge on any atom is -0.381 e. The molecule has 228 valence electrons. The van der Waals surface area contributed by atoms with Crippen LogP contribution in [0.15, 0.2) is 48.1 Å². The van der Waals surface area contributed by atoms with E-state index in [9.17, 15) is 19.5 Å². The molecule has 3 saturated carbocycles. The first-order valence-corrected chi connectivity index (χ1v) is 16.0. The number of hydrogen-bond acceptors (Lipinski definition) is 5. The number of benzene rings is 1. The Bertz CT molecular complexity index is 1530. The summed E-state index contributed by atoms with van der Waals surface area (Å²) < 4.78 is 0. The zero-order chi connectivity index (χ0) is 31.4. The minimum atomic E-state index is -1.61. The molecule has 6 nitrogen and oxygen atoms in total. The second-order valence-corrected chi connectivity index (χ2v) is 16.3. The Labute approximate surface area is 256 Å². The fourth-order valence-electron chi connectivity index (χ4n) is 10.6. The van der Waals surface area contributed by atoms with Gasteiger partial charge in [-0.05, 0) is 104 Å². The minimum absolute atomic E-state index is 0.0807. The van der Waals surface area contributed by atoms with Gasteiger partial charge in [0.05, 0.1) is 11.6 Å². The molecule has 43 heavy (non-hydrogen) atoms. The van der Waals surface area contributed by atoms with E-state index in [1.807, 2.05) is 26.8 Å². The largest absolute Gasteiger partial charge is 0.381 e. The smallest absolute Gasteiger partial charge is 0.230 e. The van der Waals surface area contributed by atoms with E-state index in [-0.39, 0.29) is 34.7 Å². The van der Waals surface area contributed by atoms with Crippen molar-refractivity contribution in [1.82, 2.24) is 0 Å². The van der Waals surface area contributed by atoms with Crippen LogP contribution in [0, 0.1) is 55.7 Å². The van der Waals surface area contributed by atoms with Gasteiger partial charge in [0, 0.05) is 33.3 Å². The topological polar surface area (TPSA) is 107 Å². The molecular weight excluding hydrogens is 536 g/mol. The number of ketones is 2. The van der Waals surface area contributed by atoms with Crippen molar-refractivity contribution in [3.8, 4) is 6.07 Å². The quantitative estimate of drug-likeness (QED) is 0.393. The standard InChI is InChI=1S/C37H46N2O4/c1-31(2)25-12-15-35(6)26(34(25,5)14-13-28(31)40)20-29(41)37(43)27-21-33(4,17-16-32(27,3)18-19-36(35,37)7)30(42)39-24-10-8-23(22-38)9-11-24/h8-11,13-14,20,25,27,43H,12,15-19,21H2,1-7H3,(H,39,42). The van der Waals surface area contributed by atoms with Gasteiger partial charge >= 0.3 is 0 Å². The number of carbonyl (C=O) groups is 3. The first-order chi connectivity index (χ1) is 19.9. The highest BCUT2D eigenvalue weighted by atomic mass is 16.3. The molecular formula is C37H46N2O4. The van der Waals surface area contributed by atoms with Crippen molar-refractivity contribution in [2.24, 2.45) is 44.3 Å². The van der Waals surface area contributed by atoms with E-state index in [1.165, 1.54) is 0 Å². The first-order valence-electron chi connectivity index (χ1n) is 16.0. The molecule has 5 aliphatic rings. The van der Waals surface area contributed by atoms with Crippen LogP contribution in [-0.2, 0) is 14.4 Å². The second kappa shape index (κ2) is 9.00. The van der Waals surface area contributed by atoms with E-state index in [4.69, 9.17) is 5.26 Å². The van der Waals surface area contributed by atoms with Crippen LogP contribution in [0.3, 0.4) is 0 Å². The van der Waals surface area contributed by atoms with Gasteiger partial charge in [-0.3, -0.25) is 14.4 Å². The van der Waals surface area contributed by atoms with Gasteiger partial charge in [-0.2, -0.15) is 5.26 Å². The number of nitriles is 1. The third-order valence-electron chi connectivity index (χ3n) is 13.9. The molecule has 6 rings (SSSR count).